The molecule has 0 atom stereocenters. The number of hydrogen-bond acceptors (Lipinski definition) is 7. The van der Waals surface area contributed by atoms with Crippen molar-refractivity contribution in [1.82, 2.24) is 9.97 Å². The summed E-state index contributed by atoms with van der Waals surface area (Å²) in [4.78, 5) is 17.9. The van der Waals surface area contributed by atoms with Crippen molar-refractivity contribution in [2.45, 2.75) is 32.1 Å². The standard InChI is InChI=1S/C11H17N5O3/c12-15-10-9(16(17)18)11(14-7-13-10)19-6-8-4-2-1-3-5-8/h7-8H,1-6,12H2,(H,13,14,15). The van der Waals surface area contributed by atoms with E-state index in [0.717, 1.165) is 12.8 Å². The Bertz CT molecular complexity index is 448. The summed E-state index contributed by atoms with van der Waals surface area (Å²) in [6, 6.07) is 0. The van der Waals surface area contributed by atoms with E-state index in [2.05, 4.69) is 15.4 Å². The van der Waals surface area contributed by atoms with Gasteiger partial charge in [-0.1, -0.05) is 19.3 Å². The molecule has 1 heterocycles. The Morgan fingerprint density at radius 3 is 2.79 bits per heavy atom. The van der Waals surface area contributed by atoms with Crippen LogP contribution in [-0.2, 0) is 0 Å². The molecule has 0 amide bonds. The van der Waals surface area contributed by atoms with Crippen LogP contribution in [0.4, 0.5) is 11.5 Å². The average Bonchev–Trinajstić information content (AvgIpc) is 2.45. The lowest BCUT2D eigenvalue weighted by Crippen LogP contribution is -2.17. The topological polar surface area (TPSA) is 116 Å². The molecule has 104 valence electrons. The first-order chi connectivity index (χ1) is 9.22. The zero-order valence-corrected chi connectivity index (χ0v) is 10.5. The van der Waals surface area contributed by atoms with Crippen LogP contribution in [0, 0.1) is 16.0 Å². The van der Waals surface area contributed by atoms with E-state index in [-0.39, 0.29) is 17.4 Å². The maximum atomic E-state index is 11.0. The van der Waals surface area contributed by atoms with Crippen LogP contribution in [0.15, 0.2) is 6.33 Å². The highest BCUT2D eigenvalue weighted by molar-refractivity contribution is 5.60. The Kier molecular flexibility index (Phi) is 4.45. The number of ether oxygens (including phenoxy) is 1. The van der Waals surface area contributed by atoms with Crippen LogP contribution in [0.5, 0.6) is 5.88 Å². The highest BCUT2D eigenvalue weighted by Gasteiger charge is 2.25. The molecule has 0 saturated heterocycles. The lowest BCUT2D eigenvalue weighted by Gasteiger charge is -2.21. The first-order valence-electron chi connectivity index (χ1n) is 6.31. The van der Waals surface area contributed by atoms with Gasteiger partial charge in [0.25, 0.3) is 5.88 Å². The third-order valence-corrected chi connectivity index (χ3v) is 3.29. The monoisotopic (exact) mass is 267 g/mol. The second kappa shape index (κ2) is 6.28. The number of nitrogens with one attached hydrogen (secondary N) is 1. The van der Waals surface area contributed by atoms with Gasteiger partial charge in [0.05, 0.1) is 11.5 Å². The van der Waals surface area contributed by atoms with Gasteiger partial charge in [0, 0.05) is 0 Å². The van der Waals surface area contributed by atoms with Crippen molar-refractivity contribution in [3.8, 4) is 5.88 Å². The molecule has 8 heteroatoms. The van der Waals surface area contributed by atoms with Gasteiger partial charge in [-0.05, 0) is 18.8 Å². The molecule has 0 spiro atoms. The molecule has 1 aromatic heterocycles. The molecule has 3 N–H and O–H groups in total. The van der Waals surface area contributed by atoms with Gasteiger partial charge in [-0.2, -0.15) is 4.98 Å². The summed E-state index contributed by atoms with van der Waals surface area (Å²) < 4.78 is 5.49. The van der Waals surface area contributed by atoms with E-state index >= 15 is 0 Å². The van der Waals surface area contributed by atoms with Crippen LogP contribution in [0.25, 0.3) is 0 Å². The van der Waals surface area contributed by atoms with E-state index in [1.165, 1.54) is 25.6 Å². The normalized spacial score (nSPS) is 16.1. The average molecular weight is 267 g/mol. The van der Waals surface area contributed by atoms with Gasteiger partial charge >= 0.3 is 5.69 Å². The van der Waals surface area contributed by atoms with Crippen LogP contribution in [0.1, 0.15) is 32.1 Å². The molecular weight excluding hydrogens is 250 g/mol. The molecule has 8 nitrogen and oxygen atoms in total. The molecule has 0 aliphatic heterocycles. The quantitative estimate of drug-likeness (QED) is 0.473. The van der Waals surface area contributed by atoms with Crippen LogP contribution < -0.4 is 16.0 Å². The first kappa shape index (κ1) is 13.5. The van der Waals surface area contributed by atoms with Gasteiger partial charge in [-0.15, -0.1) is 0 Å². The number of nitrogen functional groups attached to an aromatic ring is 1. The van der Waals surface area contributed by atoms with Gasteiger partial charge in [0.2, 0.25) is 5.82 Å². The SMILES string of the molecule is NNc1ncnc(OCC2CCCCC2)c1[N+](=O)[O-]. The molecule has 19 heavy (non-hydrogen) atoms. The molecule has 1 saturated carbocycles. The summed E-state index contributed by atoms with van der Waals surface area (Å²) in [6.45, 7) is 0.446. The fourth-order valence-electron chi connectivity index (χ4n) is 2.29. The molecule has 1 aromatic rings. The van der Waals surface area contributed by atoms with Gasteiger partial charge in [-0.3, -0.25) is 10.1 Å². The zero-order valence-electron chi connectivity index (χ0n) is 10.5. The predicted octanol–water partition coefficient (Wildman–Crippen LogP) is 1.63. The van der Waals surface area contributed by atoms with Crippen molar-refractivity contribution in [3.05, 3.63) is 16.4 Å². The summed E-state index contributed by atoms with van der Waals surface area (Å²) in [7, 11) is 0. The number of nitro groups is 1. The molecule has 2 rings (SSSR count). The molecule has 0 bridgehead atoms. The Morgan fingerprint density at radius 2 is 2.16 bits per heavy atom. The van der Waals surface area contributed by atoms with E-state index in [9.17, 15) is 10.1 Å². The van der Waals surface area contributed by atoms with Gasteiger partial charge in [-0.25, -0.2) is 10.8 Å². The van der Waals surface area contributed by atoms with E-state index in [1.807, 2.05) is 0 Å². The molecule has 1 fully saturated rings. The lowest BCUT2D eigenvalue weighted by atomic mass is 9.90. The van der Waals surface area contributed by atoms with Gasteiger partial charge < -0.3 is 10.2 Å². The molecule has 0 aromatic carbocycles. The van der Waals surface area contributed by atoms with Crippen molar-refractivity contribution in [2.24, 2.45) is 11.8 Å². The smallest absolute Gasteiger partial charge is 0.374 e. The summed E-state index contributed by atoms with van der Waals surface area (Å²) in [5, 5.41) is 11.0. The summed E-state index contributed by atoms with van der Waals surface area (Å²) >= 11 is 0. The highest BCUT2D eigenvalue weighted by Crippen LogP contribution is 2.31. The number of hydrogen-bond donors (Lipinski definition) is 2. The van der Waals surface area contributed by atoms with Crippen molar-refractivity contribution in [1.29, 1.82) is 0 Å². The maximum absolute atomic E-state index is 11.0. The molecule has 1 aliphatic carbocycles. The number of hydrazine groups is 1. The number of aromatic nitrogens is 2. The Labute approximate surface area is 110 Å². The first-order valence-corrected chi connectivity index (χ1v) is 6.31. The van der Waals surface area contributed by atoms with Gasteiger partial charge in [0.1, 0.15) is 6.33 Å². The fourth-order valence-corrected chi connectivity index (χ4v) is 2.29. The van der Waals surface area contributed by atoms with Crippen molar-refractivity contribution in [3.63, 3.8) is 0 Å². The number of rotatable bonds is 5. The number of nitrogens with zero attached hydrogens (tertiary/aromatic N) is 3. The minimum atomic E-state index is -0.592. The maximum Gasteiger partial charge on any atom is 0.374 e. The lowest BCUT2D eigenvalue weighted by molar-refractivity contribution is -0.385. The van der Waals surface area contributed by atoms with E-state index < -0.39 is 4.92 Å². The highest BCUT2D eigenvalue weighted by atomic mass is 16.6. The van der Waals surface area contributed by atoms with Crippen LogP contribution >= 0.6 is 0 Å². The van der Waals surface area contributed by atoms with Crippen LogP contribution in [-0.4, -0.2) is 21.5 Å². The second-order valence-corrected chi connectivity index (χ2v) is 4.59. The Balaban J connectivity index is 2.08. The second-order valence-electron chi connectivity index (χ2n) is 4.59. The third kappa shape index (κ3) is 3.28. The van der Waals surface area contributed by atoms with Gasteiger partial charge in [0.15, 0.2) is 0 Å². The molecule has 1 aliphatic rings. The minimum absolute atomic E-state index is 0.0291. The Morgan fingerprint density at radius 1 is 1.42 bits per heavy atom. The van der Waals surface area contributed by atoms with Crippen molar-refractivity contribution >= 4 is 11.5 Å². The molecular formula is C11H17N5O3. The summed E-state index contributed by atoms with van der Waals surface area (Å²) in [6.07, 6.45) is 7.02. The van der Waals surface area contributed by atoms with E-state index in [4.69, 9.17) is 10.6 Å². The minimum Gasteiger partial charge on any atom is -0.472 e. The van der Waals surface area contributed by atoms with E-state index in [1.54, 1.807) is 0 Å². The largest absolute Gasteiger partial charge is 0.472 e. The fraction of sp³-hybridized carbons (Fsp3) is 0.636. The molecule has 0 radical (unpaired) electrons. The van der Waals surface area contributed by atoms with Crippen LogP contribution in [0.2, 0.25) is 0 Å². The van der Waals surface area contributed by atoms with Crippen molar-refractivity contribution in [2.75, 3.05) is 12.0 Å². The van der Waals surface area contributed by atoms with Crippen molar-refractivity contribution < 1.29 is 9.66 Å². The third-order valence-electron chi connectivity index (χ3n) is 3.29. The van der Waals surface area contributed by atoms with E-state index in [0.29, 0.717) is 12.5 Å². The number of nitrogens with two attached hydrogens (primary N) is 1. The summed E-state index contributed by atoms with van der Waals surface area (Å²) in [5.74, 6) is 5.57. The number of anilines is 1. The molecule has 0 unspecified atom stereocenters. The predicted molar refractivity (Wildman–Crippen MR) is 68.6 cm³/mol. The zero-order chi connectivity index (χ0) is 13.7. The Hall–Kier alpha value is -1.96. The van der Waals surface area contributed by atoms with Crippen LogP contribution in [0.3, 0.4) is 0 Å². The summed E-state index contributed by atoms with van der Waals surface area (Å²) in [5.41, 5.74) is 1.86.